The summed E-state index contributed by atoms with van der Waals surface area (Å²) in [6.07, 6.45) is 5.69. The third-order valence-electron chi connectivity index (χ3n) is 3.11. The van der Waals surface area contributed by atoms with Gasteiger partial charge in [0.2, 0.25) is 0 Å². The number of nitrogens with one attached hydrogen (secondary N) is 1. The largest absolute Gasteiger partial charge is 0.299 e. The van der Waals surface area contributed by atoms with Crippen LogP contribution in [0.15, 0.2) is 24.4 Å². The van der Waals surface area contributed by atoms with Crippen molar-refractivity contribution in [3.05, 3.63) is 29.2 Å². The maximum atomic E-state index is 5.26. The Morgan fingerprint density at radius 3 is 3.00 bits per heavy atom. The molecule has 17 heavy (non-hydrogen) atoms. The number of hydrogen-bond donors (Lipinski definition) is 1. The van der Waals surface area contributed by atoms with Gasteiger partial charge in [0.15, 0.2) is 10.6 Å². The second kappa shape index (κ2) is 4.41. The van der Waals surface area contributed by atoms with Gasteiger partial charge in [-0.25, -0.2) is 0 Å². The van der Waals surface area contributed by atoms with E-state index in [9.17, 15) is 0 Å². The molecule has 0 bridgehead atoms. The number of nitrogens with zero attached hydrogens (tertiary/aromatic N) is 3. The van der Waals surface area contributed by atoms with Crippen LogP contribution in [0.5, 0.6) is 0 Å². The summed E-state index contributed by atoms with van der Waals surface area (Å²) < 4.78 is 2.74. The molecule has 5 heteroatoms. The Hall–Kier alpha value is -1.49. The van der Waals surface area contributed by atoms with Gasteiger partial charge in [0.25, 0.3) is 0 Å². The zero-order valence-corrected chi connectivity index (χ0v) is 10.3. The summed E-state index contributed by atoms with van der Waals surface area (Å²) in [5.74, 6) is 1.74. The monoisotopic (exact) mass is 246 g/mol. The molecule has 2 aromatic rings. The van der Waals surface area contributed by atoms with Gasteiger partial charge in [-0.15, -0.1) is 0 Å². The number of pyridine rings is 1. The van der Waals surface area contributed by atoms with Gasteiger partial charge < -0.3 is 0 Å². The summed E-state index contributed by atoms with van der Waals surface area (Å²) in [5.41, 5.74) is 0.871. The fraction of sp³-hybridized carbons (Fsp3) is 0.417. The van der Waals surface area contributed by atoms with E-state index >= 15 is 0 Å². The second-order valence-corrected chi connectivity index (χ2v) is 4.84. The molecule has 2 heterocycles. The highest BCUT2D eigenvalue weighted by molar-refractivity contribution is 7.71. The van der Waals surface area contributed by atoms with Crippen molar-refractivity contribution < 1.29 is 0 Å². The minimum absolute atomic E-state index is 0.686. The summed E-state index contributed by atoms with van der Waals surface area (Å²) >= 11 is 5.26. The summed E-state index contributed by atoms with van der Waals surface area (Å²) in [5, 5.41) is 7.12. The van der Waals surface area contributed by atoms with Crippen LogP contribution in [0.2, 0.25) is 0 Å². The minimum atomic E-state index is 0.686. The first-order chi connectivity index (χ1) is 8.34. The molecule has 0 aromatic carbocycles. The van der Waals surface area contributed by atoms with Crippen LogP contribution in [-0.2, 0) is 6.54 Å². The average molecular weight is 246 g/mol. The molecule has 1 fully saturated rings. The fourth-order valence-electron chi connectivity index (χ4n) is 1.93. The van der Waals surface area contributed by atoms with Crippen molar-refractivity contribution in [3.8, 4) is 11.5 Å². The van der Waals surface area contributed by atoms with Gasteiger partial charge in [0.1, 0.15) is 5.69 Å². The van der Waals surface area contributed by atoms with E-state index in [2.05, 4.69) is 19.7 Å². The Labute approximate surface area is 105 Å². The number of rotatable bonds is 4. The lowest BCUT2D eigenvalue weighted by atomic mass is 10.3. The van der Waals surface area contributed by atoms with E-state index in [4.69, 9.17) is 12.2 Å². The molecule has 0 atom stereocenters. The molecule has 1 saturated carbocycles. The molecule has 3 rings (SSSR count). The lowest BCUT2D eigenvalue weighted by molar-refractivity contribution is 0.593. The Morgan fingerprint density at radius 1 is 1.41 bits per heavy atom. The maximum Gasteiger partial charge on any atom is 0.195 e. The molecule has 2 aromatic heterocycles. The molecule has 88 valence electrons. The third kappa shape index (κ3) is 2.29. The van der Waals surface area contributed by atoms with Crippen LogP contribution in [0, 0.1) is 10.7 Å². The van der Waals surface area contributed by atoms with E-state index in [1.54, 1.807) is 6.20 Å². The lowest BCUT2D eigenvalue weighted by Gasteiger charge is -2.05. The first-order valence-corrected chi connectivity index (χ1v) is 6.32. The Morgan fingerprint density at radius 2 is 2.29 bits per heavy atom. The fourth-order valence-corrected chi connectivity index (χ4v) is 2.16. The zero-order valence-electron chi connectivity index (χ0n) is 9.47. The SMILES string of the molecule is S=c1[nH]nc(-c2ccccn2)n1CCC1CC1. The summed E-state index contributed by atoms with van der Waals surface area (Å²) in [6, 6.07) is 5.82. The zero-order chi connectivity index (χ0) is 11.7. The van der Waals surface area contributed by atoms with Crippen LogP contribution < -0.4 is 0 Å². The quantitative estimate of drug-likeness (QED) is 0.844. The molecule has 1 aliphatic carbocycles. The highest BCUT2D eigenvalue weighted by atomic mass is 32.1. The number of hydrogen-bond acceptors (Lipinski definition) is 3. The van der Waals surface area contributed by atoms with E-state index in [0.717, 1.165) is 24.0 Å². The molecule has 0 aliphatic heterocycles. The molecular formula is C12H14N4S. The van der Waals surface area contributed by atoms with E-state index in [1.165, 1.54) is 19.3 Å². The van der Waals surface area contributed by atoms with Gasteiger partial charge >= 0.3 is 0 Å². The van der Waals surface area contributed by atoms with E-state index < -0.39 is 0 Å². The third-order valence-corrected chi connectivity index (χ3v) is 3.42. The van der Waals surface area contributed by atoms with Gasteiger partial charge in [0, 0.05) is 12.7 Å². The van der Waals surface area contributed by atoms with Crippen LogP contribution in [-0.4, -0.2) is 19.7 Å². The molecular weight excluding hydrogens is 232 g/mol. The van der Waals surface area contributed by atoms with E-state index in [0.29, 0.717) is 4.77 Å². The molecule has 0 spiro atoms. The standard InChI is InChI=1S/C12H14N4S/c17-12-15-14-11(10-3-1-2-7-13-10)16(12)8-6-9-4-5-9/h1-3,7,9H,4-6,8H2,(H,15,17). The highest BCUT2D eigenvalue weighted by Crippen LogP contribution is 2.33. The normalized spacial score (nSPS) is 15.1. The maximum absolute atomic E-state index is 5.26. The predicted molar refractivity (Wildman–Crippen MR) is 68.0 cm³/mol. The molecule has 0 unspecified atom stereocenters. The minimum Gasteiger partial charge on any atom is -0.299 e. The van der Waals surface area contributed by atoms with Crippen LogP contribution in [0.1, 0.15) is 19.3 Å². The molecule has 0 saturated heterocycles. The van der Waals surface area contributed by atoms with Crippen LogP contribution in [0.3, 0.4) is 0 Å². The van der Waals surface area contributed by atoms with Gasteiger partial charge in [-0.3, -0.25) is 14.6 Å². The Bertz CT molecular complexity index is 553. The van der Waals surface area contributed by atoms with Crippen molar-refractivity contribution in [2.75, 3.05) is 0 Å². The van der Waals surface area contributed by atoms with Crippen molar-refractivity contribution in [3.63, 3.8) is 0 Å². The topological polar surface area (TPSA) is 46.5 Å². The lowest BCUT2D eigenvalue weighted by Crippen LogP contribution is -2.02. The van der Waals surface area contributed by atoms with Crippen LogP contribution in [0.25, 0.3) is 11.5 Å². The van der Waals surface area contributed by atoms with Gasteiger partial charge in [-0.1, -0.05) is 18.9 Å². The van der Waals surface area contributed by atoms with Gasteiger partial charge in [-0.2, -0.15) is 5.10 Å². The first-order valence-electron chi connectivity index (χ1n) is 5.91. The second-order valence-electron chi connectivity index (χ2n) is 4.45. The van der Waals surface area contributed by atoms with Gasteiger partial charge in [-0.05, 0) is 36.7 Å². The smallest absolute Gasteiger partial charge is 0.195 e. The predicted octanol–water partition coefficient (Wildman–Crippen LogP) is 2.80. The number of aromatic amines is 1. The van der Waals surface area contributed by atoms with Crippen molar-refractivity contribution >= 4 is 12.2 Å². The Balaban J connectivity index is 1.91. The molecule has 0 amide bonds. The van der Waals surface area contributed by atoms with Crippen molar-refractivity contribution in [1.29, 1.82) is 0 Å². The van der Waals surface area contributed by atoms with E-state index in [-0.39, 0.29) is 0 Å². The average Bonchev–Trinajstić information content (AvgIpc) is 3.12. The van der Waals surface area contributed by atoms with Crippen molar-refractivity contribution in [2.24, 2.45) is 5.92 Å². The molecule has 1 aliphatic rings. The Kier molecular flexibility index (Phi) is 2.76. The van der Waals surface area contributed by atoms with Crippen molar-refractivity contribution in [2.45, 2.75) is 25.8 Å². The number of aromatic nitrogens is 4. The number of H-pyrrole nitrogens is 1. The van der Waals surface area contributed by atoms with E-state index in [1.807, 2.05) is 18.2 Å². The van der Waals surface area contributed by atoms with Crippen molar-refractivity contribution in [1.82, 2.24) is 19.7 Å². The summed E-state index contributed by atoms with van der Waals surface area (Å²) in [4.78, 5) is 4.32. The molecule has 0 radical (unpaired) electrons. The van der Waals surface area contributed by atoms with Gasteiger partial charge in [0.05, 0.1) is 0 Å². The molecule has 1 N–H and O–H groups in total. The first kappa shape index (κ1) is 10.7. The van der Waals surface area contributed by atoms with Crippen LogP contribution in [0.4, 0.5) is 0 Å². The summed E-state index contributed by atoms with van der Waals surface area (Å²) in [7, 11) is 0. The molecule has 4 nitrogen and oxygen atoms in total. The highest BCUT2D eigenvalue weighted by Gasteiger charge is 2.21. The van der Waals surface area contributed by atoms with Crippen LogP contribution >= 0.6 is 12.2 Å². The summed E-state index contributed by atoms with van der Waals surface area (Å²) in [6.45, 7) is 0.936.